The van der Waals surface area contributed by atoms with Crippen LogP contribution in [-0.4, -0.2) is 4.98 Å². The van der Waals surface area contributed by atoms with Gasteiger partial charge in [-0.25, -0.2) is 4.98 Å². The van der Waals surface area contributed by atoms with Crippen molar-refractivity contribution in [3.8, 4) is 0 Å². The fraction of sp³-hybridized carbons (Fsp3) is 0.643. The lowest BCUT2D eigenvalue weighted by molar-refractivity contribution is 0.443. The zero-order chi connectivity index (χ0) is 11.5. The number of hydrogen-bond acceptors (Lipinski definition) is 1. The Hall–Kier alpha value is -0.560. The van der Waals surface area contributed by atoms with E-state index >= 15 is 0 Å². The van der Waals surface area contributed by atoms with Crippen LogP contribution in [-0.2, 0) is 0 Å². The Labute approximate surface area is 103 Å². The monoisotopic (exact) mass is 237 g/mol. The summed E-state index contributed by atoms with van der Waals surface area (Å²) in [5.41, 5.74) is 2.54. The molecule has 0 bridgehead atoms. The second-order valence-electron chi connectivity index (χ2n) is 5.14. The van der Waals surface area contributed by atoms with E-state index in [9.17, 15) is 0 Å². The number of aromatic nitrogens is 1. The minimum Gasteiger partial charge on any atom is -0.241 e. The van der Waals surface area contributed by atoms with E-state index in [0.717, 1.165) is 5.69 Å². The lowest BCUT2D eigenvalue weighted by atomic mass is 9.84. The summed E-state index contributed by atoms with van der Waals surface area (Å²) >= 11 is 6.10. The molecule has 16 heavy (non-hydrogen) atoms. The van der Waals surface area contributed by atoms with Gasteiger partial charge in [-0.1, -0.05) is 44.7 Å². The summed E-state index contributed by atoms with van der Waals surface area (Å²) in [6.45, 7) is 4.34. The Morgan fingerprint density at radius 1 is 1.19 bits per heavy atom. The van der Waals surface area contributed by atoms with Gasteiger partial charge in [-0.15, -0.1) is 0 Å². The molecule has 0 radical (unpaired) electrons. The Kier molecular flexibility index (Phi) is 3.86. The van der Waals surface area contributed by atoms with Crippen LogP contribution in [0, 0.1) is 0 Å². The van der Waals surface area contributed by atoms with Crippen molar-refractivity contribution in [2.24, 2.45) is 0 Å². The molecule has 1 aromatic heterocycles. The van der Waals surface area contributed by atoms with Crippen LogP contribution in [0.3, 0.4) is 0 Å². The highest BCUT2D eigenvalue weighted by Gasteiger charge is 2.17. The molecule has 0 spiro atoms. The van der Waals surface area contributed by atoms with Crippen molar-refractivity contribution in [2.75, 3.05) is 0 Å². The summed E-state index contributed by atoms with van der Waals surface area (Å²) in [6, 6.07) is 4.32. The molecule has 0 N–H and O–H groups in total. The highest BCUT2D eigenvalue weighted by atomic mass is 35.5. The average molecular weight is 238 g/mol. The molecular weight excluding hydrogens is 218 g/mol. The molecule has 1 nitrogen and oxygen atoms in total. The number of nitrogens with zero attached hydrogens (tertiary/aromatic N) is 1. The number of hydrogen-bond donors (Lipinski definition) is 0. The van der Waals surface area contributed by atoms with Crippen LogP contribution in [0.15, 0.2) is 12.1 Å². The van der Waals surface area contributed by atoms with Crippen molar-refractivity contribution in [1.29, 1.82) is 0 Å². The molecular formula is C14H20ClN. The summed E-state index contributed by atoms with van der Waals surface area (Å²) in [5, 5.41) is 0.659. The van der Waals surface area contributed by atoms with Gasteiger partial charge in [0.05, 0.1) is 0 Å². The SMILES string of the molecule is CC(C)c1cc(C2CCCCC2)cc(Cl)n1. The van der Waals surface area contributed by atoms with Crippen LogP contribution in [0.1, 0.15) is 69.0 Å². The smallest absolute Gasteiger partial charge is 0.129 e. The molecule has 1 aliphatic carbocycles. The maximum absolute atomic E-state index is 6.10. The Morgan fingerprint density at radius 3 is 2.50 bits per heavy atom. The lowest BCUT2D eigenvalue weighted by Crippen LogP contribution is -2.06. The van der Waals surface area contributed by atoms with Crippen molar-refractivity contribution in [3.05, 3.63) is 28.5 Å². The van der Waals surface area contributed by atoms with Gasteiger partial charge < -0.3 is 0 Å². The van der Waals surface area contributed by atoms with Crippen molar-refractivity contribution in [3.63, 3.8) is 0 Å². The minimum atomic E-state index is 0.459. The normalized spacial score (nSPS) is 18.0. The van der Waals surface area contributed by atoms with E-state index in [1.165, 1.54) is 37.7 Å². The first-order chi connectivity index (χ1) is 7.66. The van der Waals surface area contributed by atoms with E-state index in [-0.39, 0.29) is 0 Å². The van der Waals surface area contributed by atoms with E-state index in [1.54, 1.807) is 0 Å². The summed E-state index contributed by atoms with van der Waals surface area (Å²) in [5.74, 6) is 1.17. The molecule has 0 aliphatic heterocycles. The van der Waals surface area contributed by atoms with Gasteiger partial charge in [0.2, 0.25) is 0 Å². The van der Waals surface area contributed by atoms with Gasteiger partial charge in [0.25, 0.3) is 0 Å². The van der Waals surface area contributed by atoms with Gasteiger partial charge >= 0.3 is 0 Å². The Bertz CT molecular complexity index is 354. The first-order valence-electron chi connectivity index (χ1n) is 6.34. The van der Waals surface area contributed by atoms with Crippen LogP contribution < -0.4 is 0 Å². The third-order valence-corrected chi connectivity index (χ3v) is 3.70. The van der Waals surface area contributed by atoms with Gasteiger partial charge in [0.15, 0.2) is 0 Å². The molecule has 0 atom stereocenters. The fourth-order valence-corrected chi connectivity index (χ4v) is 2.73. The van der Waals surface area contributed by atoms with Crippen molar-refractivity contribution in [1.82, 2.24) is 4.98 Å². The zero-order valence-corrected chi connectivity index (χ0v) is 10.9. The molecule has 1 saturated carbocycles. The first kappa shape index (κ1) is 11.9. The molecule has 0 amide bonds. The van der Waals surface area contributed by atoms with E-state index in [0.29, 0.717) is 17.0 Å². The average Bonchev–Trinajstić information content (AvgIpc) is 2.29. The first-order valence-corrected chi connectivity index (χ1v) is 6.72. The second kappa shape index (κ2) is 5.18. The highest BCUT2D eigenvalue weighted by Crippen LogP contribution is 2.34. The topological polar surface area (TPSA) is 12.9 Å². The summed E-state index contributed by atoms with van der Waals surface area (Å²) in [7, 11) is 0. The molecule has 0 unspecified atom stereocenters. The van der Waals surface area contributed by atoms with Crippen LogP contribution >= 0.6 is 11.6 Å². The van der Waals surface area contributed by atoms with Crippen molar-refractivity contribution in [2.45, 2.75) is 57.8 Å². The van der Waals surface area contributed by atoms with Crippen LogP contribution in [0.4, 0.5) is 0 Å². The summed E-state index contributed by atoms with van der Waals surface area (Å²) in [6.07, 6.45) is 6.76. The third kappa shape index (κ3) is 2.76. The molecule has 1 aromatic rings. The molecule has 2 heteroatoms. The molecule has 2 rings (SSSR count). The quantitative estimate of drug-likeness (QED) is 0.667. The van der Waals surface area contributed by atoms with Gasteiger partial charge in [0, 0.05) is 5.69 Å². The minimum absolute atomic E-state index is 0.459. The van der Waals surface area contributed by atoms with Crippen LogP contribution in [0.2, 0.25) is 5.15 Å². The van der Waals surface area contributed by atoms with Crippen LogP contribution in [0.5, 0.6) is 0 Å². The highest BCUT2D eigenvalue weighted by molar-refractivity contribution is 6.29. The molecule has 88 valence electrons. The lowest BCUT2D eigenvalue weighted by Gasteiger charge is -2.22. The number of halogens is 1. The molecule has 1 heterocycles. The summed E-state index contributed by atoms with van der Waals surface area (Å²) in [4.78, 5) is 4.39. The maximum atomic E-state index is 6.10. The van der Waals surface area contributed by atoms with E-state index < -0.39 is 0 Å². The maximum Gasteiger partial charge on any atom is 0.129 e. The van der Waals surface area contributed by atoms with Crippen LogP contribution in [0.25, 0.3) is 0 Å². The van der Waals surface area contributed by atoms with Gasteiger partial charge in [-0.3, -0.25) is 0 Å². The Morgan fingerprint density at radius 2 is 1.88 bits per heavy atom. The number of rotatable bonds is 2. The van der Waals surface area contributed by atoms with E-state index in [2.05, 4.69) is 31.0 Å². The van der Waals surface area contributed by atoms with Crippen molar-refractivity contribution >= 4 is 11.6 Å². The number of pyridine rings is 1. The van der Waals surface area contributed by atoms with Crippen molar-refractivity contribution < 1.29 is 0 Å². The van der Waals surface area contributed by atoms with E-state index in [4.69, 9.17) is 11.6 Å². The molecule has 0 aromatic carbocycles. The summed E-state index contributed by atoms with van der Waals surface area (Å²) < 4.78 is 0. The van der Waals surface area contributed by atoms with Gasteiger partial charge in [-0.2, -0.15) is 0 Å². The standard InChI is InChI=1S/C14H20ClN/c1-10(2)13-8-12(9-14(15)16-13)11-6-4-3-5-7-11/h8-11H,3-7H2,1-2H3. The fourth-order valence-electron chi connectivity index (χ4n) is 2.51. The van der Waals surface area contributed by atoms with Gasteiger partial charge in [-0.05, 0) is 42.4 Å². The Balaban J connectivity index is 2.25. The molecule has 1 fully saturated rings. The third-order valence-electron chi connectivity index (χ3n) is 3.50. The largest absolute Gasteiger partial charge is 0.241 e. The van der Waals surface area contributed by atoms with Gasteiger partial charge in [0.1, 0.15) is 5.15 Å². The zero-order valence-electron chi connectivity index (χ0n) is 10.2. The molecule has 0 saturated heterocycles. The molecule has 1 aliphatic rings. The van der Waals surface area contributed by atoms with E-state index in [1.807, 2.05) is 0 Å². The second-order valence-corrected chi connectivity index (χ2v) is 5.52. The predicted octanol–water partition coefficient (Wildman–Crippen LogP) is 4.91. The predicted molar refractivity (Wildman–Crippen MR) is 69.2 cm³/mol.